The Hall–Kier alpha value is -1.38. The molecule has 0 N–H and O–H groups in total. The van der Waals surface area contributed by atoms with Crippen LogP contribution in [0, 0.1) is 11.8 Å². The van der Waals surface area contributed by atoms with Crippen LogP contribution in [0.2, 0.25) is 0 Å². The van der Waals surface area contributed by atoms with Gasteiger partial charge in [-0.05, 0) is 38.2 Å². The zero-order chi connectivity index (χ0) is 13.5. The fourth-order valence-corrected chi connectivity index (χ4v) is 3.27. The van der Waals surface area contributed by atoms with Crippen molar-refractivity contribution in [3.63, 3.8) is 0 Å². The Bertz CT molecular complexity index is 447. The predicted octanol–water partition coefficient (Wildman–Crippen LogP) is 2.81. The average molecular weight is 248 g/mol. The van der Waals surface area contributed by atoms with E-state index in [-0.39, 0.29) is 30.0 Å². The number of hydrogen-bond acceptors (Lipinski definition) is 3. The Morgan fingerprint density at radius 2 is 2.22 bits per heavy atom. The summed E-state index contributed by atoms with van der Waals surface area (Å²) in [4.78, 5) is 23.7. The van der Waals surface area contributed by atoms with Gasteiger partial charge in [-0.2, -0.15) is 0 Å². The summed E-state index contributed by atoms with van der Waals surface area (Å²) >= 11 is 0. The number of carbonyl (C=O) groups is 2. The highest BCUT2D eigenvalue weighted by molar-refractivity contribution is 5.95. The van der Waals surface area contributed by atoms with Gasteiger partial charge in [-0.15, -0.1) is 0 Å². The Morgan fingerprint density at radius 1 is 1.56 bits per heavy atom. The maximum Gasteiger partial charge on any atom is 0.331 e. The van der Waals surface area contributed by atoms with Gasteiger partial charge in [-0.25, -0.2) is 4.79 Å². The first-order chi connectivity index (χ1) is 8.36. The highest BCUT2D eigenvalue weighted by Gasteiger charge is 2.54. The van der Waals surface area contributed by atoms with Crippen molar-refractivity contribution >= 4 is 11.8 Å². The molecule has 1 saturated carbocycles. The van der Waals surface area contributed by atoms with E-state index in [1.807, 2.05) is 6.92 Å². The van der Waals surface area contributed by atoms with Crippen LogP contribution in [0.4, 0.5) is 0 Å². The van der Waals surface area contributed by atoms with Crippen molar-refractivity contribution in [2.24, 2.45) is 11.8 Å². The quantitative estimate of drug-likeness (QED) is 0.570. The van der Waals surface area contributed by atoms with Crippen LogP contribution in [-0.4, -0.2) is 17.4 Å². The van der Waals surface area contributed by atoms with E-state index in [1.54, 1.807) is 13.0 Å². The number of fused-ring (bicyclic) bond motifs is 1. The second kappa shape index (κ2) is 4.38. The third kappa shape index (κ3) is 1.92. The van der Waals surface area contributed by atoms with E-state index in [4.69, 9.17) is 4.74 Å². The molecule has 1 aliphatic heterocycles. The zero-order valence-corrected chi connectivity index (χ0v) is 11.3. The topological polar surface area (TPSA) is 43.4 Å². The molecule has 98 valence electrons. The van der Waals surface area contributed by atoms with E-state index >= 15 is 0 Å². The summed E-state index contributed by atoms with van der Waals surface area (Å²) in [5.41, 5.74) is 0.946. The van der Waals surface area contributed by atoms with Gasteiger partial charge in [0.15, 0.2) is 5.78 Å². The van der Waals surface area contributed by atoms with Crippen LogP contribution in [0.15, 0.2) is 23.8 Å². The molecule has 1 fully saturated rings. The van der Waals surface area contributed by atoms with Crippen molar-refractivity contribution < 1.29 is 14.3 Å². The molecule has 0 aromatic rings. The lowest BCUT2D eigenvalue weighted by molar-refractivity contribution is -0.166. The summed E-state index contributed by atoms with van der Waals surface area (Å²) in [6.45, 7) is 9.43. The molecule has 2 aliphatic rings. The molecule has 1 aliphatic carbocycles. The van der Waals surface area contributed by atoms with Crippen LogP contribution in [-0.2, 0) is 14.3 Å². The fraction of sp³-hybridized carbons (Fsp3) is 0.600. The van der Waals surface area contributed by atoms with Crippen LogP contribution in [0.1, 0.15) is 40.0 Å². The molecule has 0 unspecified atom stereocenters. The SMILES string of the molecule is C=C(C)C(=O)C[C@]12OC(=O)C=C(C)[C@@H]1CC[C@@H]2C. The van der Waals surface area contributed by atoms with E-state index < -0.39 is 5.60 Å². The summed E-state index contributed by atoms with van der Waals surface area (Å²) in [5.74, 6) is 0.0927. The molecule has 3 nitrogen and oxygen atoms in total. The molecule has 3 atom stereocenters. The Morgan fingerprint density at radius 3 is 2.83 bits per heavy atom. The standard InChI is InChI=1S/C15H20O3/c1-9(2)13(16)8-15-11(4)5-6-12(15)10(3)7-14(17)18-15/h7,11-12H,1,5-6,8H2,2-4H3/t11-,12-,15+/m0/s1. The van der Waals surface area contributed by atoms with Gasteiger partial charge in [-0.1, -0.05) is 19.1 Å². The Kier molecular flexibility index (Phi) is 3.18. The predicted molar refractivity (Wildman–Crippen MR) is 68.9 cm³/mol. The molecule has 0 saturated heterocycles. The number of esters is 1. The van der Waals surface area contributed by atoms with E-state index in [2.05, 4.69) is 13.5 Å². The van der Waals surface area contributed by atoms with E-state index in [0.717, 1.165) is 18.4 Å². The number of ether oxygens (including phenoxy) is 1. The van der Waals surface area contributed by atoms with Gasteiger partial charge in [0.05, 0.1) is 6.42 Å². The number of rotatable bonds is 3. The smallest absolute Gasteiger partial charge is 0.331 e. The summed E-state index contributed by atoms with van der Waals surface area (Å²) in [6.07, 6.45) is 3.81. The Labute approximate surface area is 108 Å². The van der Waals surface area contributed by atoms with Gasteiger partial charge >= 0.3 is 5.97 Å². The molecule has 0 amide bonds. The van der Waals surface area contributed by atoms with Gasteiger partial charge in [0, 0.05) is 12.0 Å². The van der Waals surface area contributed by atoms with Gasteiger partial charge < -0.3 is 4.74 Å². The normalized spacial score (nSPS) is 34.6. The first kappa shape index (κ1) is 13.1. The average Bonchev–Trinajstić information content (AvgIpc) is 2.56. The van der Waals surface area contributed by atoms with Crippen molar-refractivity contribution in [2.45, 2.75) is 45.6 Å². The van der Waals surface area contributed by atoms with Crippen LogP contribution < -0.4 is 0 Å². The molecule has 18 heavy (non-hydrogen) atoms. The minimum absolute atomic E-state index is 0.00347. The first-order valence-electron chi connectivity index (χ1n) is 6.46. The molecule has 0 aromatic carbocycles. The minimum atomic E-state index is -0.633. The fourth-order valence-electron chi connectivity index (χ4n) is 3.27. The highest BCUT2D eigenvalue weighted by Crippen LogP contribution is 2.51. The van der Waals surface area contributed by atoms with Gasteiger partial charge in [0.1, 0.15) is 5.60 Å². The zero-order valence-electron chi connectivity index (χ0n) is 11.3. The number of Topliss-reactive ketones (excluding diaryl/α,β-unsaturated/α-hetero) is 1. The van der Waals surface area contributed by atoms with Crippen molar-refractivity contribution in [3.8, 4) is 0 Å². The van der Waals surface area contributed by atoms with Crippen LogP contribution in [0.25, 0.3) is 0 Å². The van der Waals surface area contributed by atoms with Gasteiger partial charge in [0.2, 0.25) is 0 Å². The maximum absolute atomic E-state index is 12.0. The molecule has 2 rings (SSSR count). The third-order valence-corrected chi connectivity index (χ3v) is 4.41. The molecular weight excluding hydrogens is 228 g/mol. The van der Waals surface area contributed by atoms with Crippen LogP contribution >= 0.6 is 0 Å². The summed E-state index contributed by atoms with van der Waals surface area (Å²) in [7, 11) is 0. The molecule has 3 heteroatoms. The highest BCUT2D eigenvalue weighted by atomic mass is 16.6. The van der Waals surface area contributed by atoms with E-state index in [1.165, 1.54) is 0 Å². The molecular formula is C15H20O3. The van der Waals surface area contributed by atoms with E-state index in [0.29, 0.717) is 5.57 Å². The molecule has 0 aromatic heterocycles. The van der Waals surface area contributed by atoms with Crippen molar-refractivity contribution in [2.75, 3.05) is 0 Å². The van der Waals surface area contributed by atoms with Crippen molar-refractivity contribution in [1.82, 2.24) is 0 Å². The number of hydrogen-bond donors (Lipinski definition) is 0. The molecule has 0 bridgehead atoms. The number of allylic oxidation sites excluding steroid dienone is 1. The van der Waals surface area contributed by atoms with Crippen LogP contribution in [0.5, 0.6) is 0 Å². The summed E-state index contributed by atoms with van der Waals surface area (Å²) in [6, 6.07) is 0. The summed E-state index contributed by atoms with van der Waals surface area (Å²) in [5, 5.41) is 0. The molecule has 0 spiro atoms. The number of ketones is 1. The van der Waals surface area contributed by atoms with Crippen molar-refractivity contribution in [3.05, 3.63) is 23.8 Å². The third-order valence-electron chi connectivity index (χ3n) is 4.41. The second-order valence-corrected chi connectivity index (χ2v) is 5.68. The first-order valence-corrected chi connectivity index (χ1v) is 6.46. The lowest BCUT2D eigenvalue weighted by Crippen LogP contribution is -2.48. The summed E-state index contributed by atoms with van der Waals surface area (Å²) < 4.78 is 5.62. The maximum atomic E-state index is 12.0. The van der Waals surface area contributed by atoms with Gasteiger partial charge in [-0.3, -0.25) is 4.79 Å². The molecule has 0 radical (unpaired) electrons. The molecule has 1 heterocycles. The Balaban J connectivity index is 2.36. The largest absolute Gasteiger partial charge is 0.455 e. The van der Waals surface area contributed by atoms with Crippen LogP contribution in [0.3, 0.4) is 0 Å². The monoisotopic (exact) mass is 248 g/mol. The van der Waals surface area contributed by atoms with Crippen molar-refractivity contribution in [1.29, 1.82) is 0 Å². The number of carbonyl (C=O) groups excluding carboxylic acids is 2. The van der Waals surface area contributed by atoms with E-state index in [9.17, 15) is 9.59 Å². The minimum Gasteiger partial charge on any atom is -0.455 e. The lowest BCUT2D eigenvalue weighted by atomic mass is 9.75. The van der Waals surface area contributed by atoms with Gasteiger partial charge in [0.25, 0.3) is 0 Å². The second-order valence-electron chi connectivity index (χ2n) is 5.68. The lowest BCUT2D eigenvalue weighted by Gasteiger charge is -2.41.